The van der Waals surface area contributed by atoms with E-state index in [1.165, 1.54) is 16.4 Å². The SMILES string of the molecule is CCC1=CC=c2[nH]ccc2=C(c2cccc3nonc23)C1. The van der Waals surface area contributed by atoms with Crippen LogP contribution in [0.3, 0.4) is 0 Å². The summed E-state index contributed by atoms with van der Waals surface area (Å²) < 4.78 is 4.91. The summed E-state index contributed by atoms with van der Waals surface area (Å²) in [6.45, 7) is 2.19. The number of aromatic nitrogens is 3. The average molecular weight is 277 g/mol. The molecule has 0 saturated carbocycles. The zero-order valence-corrected chi connectivity index (χ0v) is 11.8. The van der Waals surface area contributed by atoms with Crippen LogP contribution in [-0.2, 0) is 0 Å². The van der Waals surface area contributed by atoms with Crippen LogP contribution in [0, 0.1) is 0 Å². The highest BCUT2D eigenvalue weighted by atomic mass is 16.6. The number of aromatic amines is 1. The van der Waals surface area contributed by atoms with E-state index < -0.39 is 0 Å². The van der Waals surface area contributed by atoms with Crippen molar-refractivity contribution in [2.75, 3.05) is 0 Å². The molecular weight excluding hydrogens is 262 g/mol. The topological polar surface area (TPSA) is 54.7 Å². The molecule has 104 valence electrons. The zero-order chi connectivity index (χ0) is 14.2. The monoisotopic (exact) mass is 277 g/mol. The number of nitrogens with one attached hydrogen (secondary N) is 1. The first-order chi connectivity index (χ1) is 10.4. The minimum atomic E-state index is 0.798. The molecule has 1 aromatic carbocycles. The Morgan fingerprint density at radius 1 is 1.19 bits per heavy atom. The van der Waals surface area contributed by atoms with Crippen LogP contribution in [0.1, 0.15) is 25.3 Å². The fourth-order valence-corrected chi connectivity index (χ4v) is 2.90. The van der Waals surface area contributed by atoms with Gasteiger partial charge in [0.25, 0.3) is 0 Å². The van der Waals surface area contributed by atoms with E-state index in [0.717, 1.165) is 34.8 Å². The molecule has 0 bridgehead atoms. The lowest BCUT2D eigenvalue weighted by atomic mass is 9.95. The molecule has 0 fully saturated rings. The first-order valence-electron chi connectivity index (χ1n) is 7.15. The van der Waals surface area contributed by atoms with Crippen molar-refractivity contribution in [1.29, 1.82) is 0 Å². The van der Waals surface area contributed by atoms with Crippen molar-refractivity contribution in [2.45, 2.75) is 19.8 Å². The van der Waals surface area contributed by atoms with Crippen molar-refractivity contribution in [3.8, 4) is 0 Å². The highest BCUT2D eigenvalue weighted by Gasteiger charge is 2.14. The van der Waals surface area contributed by atoms with Crippen molar-refractivity contribution < 1.29 is 4.63 Å². The first-order valence-corrected chi connectivity index (χ1v) is 7.15. The molecule has 4 heteroatoms. The van der Waals surface area contributed by atoms with E-state index in [4.69, 9.17) is 4.63 Å². The number of nitrogens with zero attached hydrogens (tertiary/aromatic N) is 2. The maximum absolute atomic E-state index is 4.91. The van der Waals surface area contributed by atoms with Gasteiger partial charge in [-0.3, -0.25) is 0 Å². The summed E-state index contributed by atoms with van der Waals surface area (Å²) in [5, 5.41) is 10.4. The molecule has 0 radical (unpaired) electrons. The Morgan fingerprint density at radius 3 is 3.05 bits per heavy atom. The minimum Gasteiger partial charge on any atom is -0.361 e. The molecule has 2 heterocycles. The smallest absolute Gasteiger partial charge is 0.142 e. The number of rotatable bonds is 2. The maximum atomic E-state index is 4.91. The van der Waals surface area contributed by atoms with E-state index in [0.29, 0.717) is 0 Å². The van der Waals surface area contributed by atoms with Gasteiger partial charge in [-0.05, 0) is 46.9 Å². The third-order valence-corrected chi connectivity index (χ3v) is 4.06. The molecule has 1 N–H and O–H groups in total. The standard InChI is InChI=1S/C17H15N3O/c1-2-11-6-7-15-12(8-9-18-15)14(10-11)13-4-3-5-16-17(13)20-21-19-16/h3-9,18H,2,10H2,1H3. The van der Waals surface area contributed by atoms with E-state index >= 15 is 0 Å². The quantitative estimate of drug-likeness (QED) is 0.781. The second-order valence-corrected chi connectivity index (χ2v) is 5.24. The normalized spacial score (nSPS) is 14.5. The van der Waals surface area contributed by atoms with Gasteiger partial charge in [-0.2, -0.15) is 0 Å². The summed E-state index contributed by atoms with van der Waals surface area (Å²) in [4.78, 5) is 3.30. The summed E-state index contributed by atoms with van der Waals surface area (Å²) in [7, 11) is 0. The molecule has 21 heavy (non-hydrogen) atoms. The molecule has 0 amide bonds. The van der Waals surface area contributed by atoms with Gasteiger partial charge in [-0.15, -0.1) is 0 Å². The second kappa shape index (κ2) is 4.74. The predicted octanol–water partition coefficient (Wildman–Crippen LogP) is 2.27. The van der Waals surface area contributed by atoms with E-state index in [9.17, 15) is 0 Å². The molecule has 0 spiro atoms. The van der Waals surface area contributed by atoms with Gasteiger partial charge in [0.05, 0.1) is 0 Å². The number of H-pyrrole nitrogens is 1. The molecular formula is C17H15N3O. The number of hydrogen-bond donors (Lipinski definition) is 1. The lowest BCUT2D eigenvalue weighted by molar-refractivity contribution is 0.315. The molecule has 4 nitrogen and oxygen atoms in total. The van der Waals surface area contributed by atoms with Gasteiger partial charge < -0.3 is 4.98 Å². The molecule has 0 aliphatic heterocycles. The van der Waals surface area contributed by atoms with Crippen LogP contribution in [0.5, 0.6) is 0 Å². The van der Waals surface area contributed by atoms with Gasteiger partial charge in [0.1, 0.15) is 11.0 Å². The average Bonchev–Trinajstić information content (AvgIpc) is 3.13. The number of benzene rings is 1. The van der Waals surface area contributed by atoms with Gasteiger partial charge in [0.15, 0.2) is 0 Å². The second-order valence-electron chi connectivity index (χ2n) is 5.24. The molecule has 0 unspecified atom stereocenters. The molecule has 1 aliphatic rings. The van der Waals surface area contributed by atoms with Crippen LogP contribution < -0.4 is 10.6 Å². The van der Waals surface area contributed by atoms with Gasteiger partial charge in [0.2, 0.25) is 0 Å². The summed E-state index contributed by atoms with van der Waals surface area (Å²) in [5.41, 5.74) is 5.41. The zero-order valence-electron chi connectivity index (χ0n) is 11.8. The summed E-state index contributed by atoms with van der Waals surface area (Å²) in [6, 6.07) is 8.15. The van der Waals surface area contributed by atoms with Crippen molar-refractivity contribution in [1.82, 2.24) is 15.3 Å². The van der Waals surface area contributed by atoms with Gasteiger partial charge >= 0.3 is 0 Å². The third kappa shape index (κ3) is 1.91. The van der Waals surface area contributed by atoms with Crippen molar-refractivity contribution in [3.05, 3.63) is 58.2 Å². The van der Waals surface area contributed by atoms with E-state index in [-0.39, 0.29) is 0 Å². The van der Waals surface area contributed by atoms with E-state index in [1.54, 1.807) is 0 Å². The lowest BCUT2D eigenvalue weighted by Gasteiger charge is -2.08. The van der Waals surface area contributed by atoms with Crippen LogP contribution in [0.25, 0.3) is 22.7 Å². The van der Waals surface area contributed by atoms with Crippen LogP contribution in [-0.4, -0.2) is 15.3 Å². The highest BCUT2D eigenvalue weighted by Crippen LogP contribution is 2.27. The first kappa shape index (κ1) is 12.1. The Balaban J connectivity index is 2.07. The Bertz CT molecular complexity index is 959. The molecule has 2 aromatic heterocycles. The Labute approximate surface area is 121 Å². The maximum Gasteiger partial charge on any atom is 0.142 e. The van der Waals surface area contributed by atoms with Crippen LogP contribution >= 0.6 is 0 Å². The van der Waals surface area contributed by atoms with Crippen LogP contribution in [0.2, 0.25) is 0 Å². The third-order valence-electron chi connectivity index (χ3n) is 4.06. The molecule has 4 rings (SSSR count). The Hall–Kier alpha value is -2.62. The van der Waals surface area contributed by atoms with Crippen LogP contribution in [0.4, 0.5) is 0 Å². The molecule has 0 atom stereocenters. The van der Waals surface area contributed by atoms with Gasteiger partial charge in [-0.1, -0.05) is 30.7 Å². The molecule has 1 aliphatic carbocycles. The summed E-state index contributed by atoms with van der Waals surface area (Å²) >= 11 is 0. The Kier molecular flexibility index (Phi) is 2.74. The fraction of sp³-hybridized carbons (Fsp3) is 0.176. The number of allylic oxidation sites excluding steroid dienone is 2. The van der Waals surface area contributed by atoms with Crippen molar-refractivity contribution in [3.63, 3.8) is 0 Å². The highest BCUT2D eigenvalue weighted by molar-refractivity contribution is 5.88. The lowest BCUT2D eigenvalue weighted by Crippen LogP contribution is -2.24. The largest absolute Gasteiger partial charge is 0.361 e. The number of hydrogen-bond acceptors (Lipinski definition) is 3. The number of fused-ring (bicyclic) bond motifs is 2. The summed E-state index contributed by atoms with van der Waals surface area (Å²) in [5.74, 6) is 0. The fourth-order valence-electron chi connectivity index (χ4n) is 2.90. The minimum absolute atomic E-state index is 0.798. The van der Waals surface area contributed by atoms with Gasteiger partial charge in [0, 0.05) is 22.3 Å². The van der Waals surface area contributed by atoms with E-state index in [1.807, 2.05) is 18.3 Å². The van der Waals surface area contributed by atoms with Gasteiger partial charge in [-0.25, -0.2) is 4.63 Å². The molecule has 3 aromatic rings. The Morgan fingerprint density at radius 2 is 2.14 bits per heavy atom. The summed E-state index contributed by atoms with van der Waals surface area (Å²) in [6.07, 6.45) is 8.31. The van der Waals surface area contributed by atoms with Crippen molar-refractivity contribution in [2.24, 2.45) is 0 Å². The predicted molar refractivity (Wildman–Crippen MR) is 81.8 cm³/mol. The van der Waals surface area contributed by atoms with Crippen LogP contribution in [0.15, 0.2) is 46.7 Å². The van der Waals surface area contributed by atoms with Crippen molar-refractivity contribution >= 4 is 22.7 Å². The molecule has 0 saturated heterocycles. The van der Waals surface area contributed by atoms with E-state index in [2.05, 4.69) is 46.5 Å².